The number of rotatable bonds is 5. The van der Waals surface area contributed by atoms with Crippen LogP contribution in [0.5, 0.6) is 0 Å². The van der Waals surface area contributed by atoms with Crippen LogP contribution in [0.25, 0.3) is 16.9 Å². The SMILES string of the molecule is CCOC(=O)c1c(C(=O)OC)nn(-c2cccc(Cl)c2)c1-c1ccccc1. The van der Waals surface area contributed by atoms with Crippen LogP contribution in [-0.4, -0.2) is 35.4 Å². The normalized spacial score (nSPS) is 10.5. The zero-order chi connectivity index (χ0) is 19.4. The number of esters is 2. The number of ether oxygens (including phenoxy) is 2. The minimum absolute atomic E-state index is 0.0508. The van der Waals surface area contributed by atoms with E-state index < -0.39 is 11.9 Å². The molecule has 1 heterocycles. The fraction of sp³-hybridized carbons (Fsp3) is 0.150. The minimum Gasteiger partial charge on any atom is -0.464 e. The fourth-order valence-electron chi connectivity index (χ4n) is 2.71. The zero-order valence-corrected chi connectivity index (χ0v) is 15.6. The van der Waals surface area contributed by atoms with Crippen LogP contribution in [0.15, 0.2) is 54.6 Å². The molecule has 0 bridgehead atoms. The standard InChI is InChI=1S/C20H17ClN2O4/c1-3-27-19(24)16-17(20(25)26-2)22-23(15-11-7-10-14(21)12-15)18(16)13-8-5-4-6-9-13/h4-12H,3H2,1-2H3. The molecule has 0 aliphatic carbocycles. The molecule has 0 amide bonds. The number of hydrogen-bond donors (Lipinski definition) is 0. The number of hydrogen-bond acceptors (Lipinski definition) is 5. The Kier molecular flexibility index (Phi) is 5.57. The van der Waals surface area contributed by atoms with Gasteiger partial charge in [-0.25, -0.2) is 14.3 Å². The van der Waals surface area contributed by atoms with Crippen molar-refractivity contribution >= 4 is 23.5 Å². The van der Waals surface area contributed by atoms with Crippen molar-refractivity contribution in [3.63, 3.8) is 0 Å². The van der Waals surface area contributed by atoms with Gasteiger partial charge in [0.1, 0.15) is 5.56 Å². The van der Waals surface area contributed by atoms with Crippen LogP contribution in [-0.2, 0) is 9.47 Å². The van der Waals surface area contributed by atoms with E-state index >= 15 is 0 Å². The lowest BCUT2D eigenvalue weighted by atomic mass is 10.1. The first-order valence-electron chi connectivity index (χ1n) is 8.26. The molecule has 0 atom stereocenters. The van der Waals surface area contributed by atoms with E-state index in [9.17, 15) is 9.59 Å². The Bertz CT molecular complexity index is 983. The summed E-state index contributed by atoms with van der Waals surface area (Å²) < 4.78 is 11.5. The predicted octanol–water partition coefficient (Wildman–Crippen LogP) is 4.16. The van der Waals surface area contributed by atoms with E-state index in [2.05, 4.69) is 5.10 Å². The van der Waals surface area contributed by atoms with E-state index in [4.69, 9.17) is 21.1 Å². The molecular formula is C20H17ClN2O4. The molecule has 1 aromatic heterocycles. The van der Waals surface area contributed by atoms with E-state index in [0.29, 0.717) is 22.0 Å². The molecule has 7 heteroatoms. The highest BCUT2D eigenvalue weighted by Gasteiger charge is 2.31. The van der Waals surface area contributed by atoms with E-state index in [1.165, 1.54) is 11.8 Å². The van der Waals surface area contributed by atoms with Gasteiger partial charge in [0.2, 0.25) is 0 Å². The maximum Gasteiger partial charge on any atom is 0.359 e. The van der Waals surface area contributed by atoms with Crippen LogP contribution in [0.1, 0.15) is 27.8 Å². The van der Waals surface area contributed by atoms with Gasteiger partial charge in [-0.05, 0) is 25.1 Å². The van der Waals surface area contributed by atoms with Crippen LogP contribution in [0, 0.1) is 0 Å². The Morgan fingerprint density at radius 3 is 2.44 bits per heavy atom. The smallest absolute Gasteiger partial charge is 0.359 e. The first kappa shape index (κ1) is 18.7. The van der Waals surface area contributed by atoms with Gasteiger partial charge in [0.05, 0.1) is 25.1 Å². The zero-order valence-electron chi connectivity index (χ0n) is 14.8. The molecule has 0 N–H and O–H groups in total. The second-order valence-corrected chi connectivity index (χ2v) is 5.98. The van der Waals surface area contributed by atoms with Crippen molar-refractivity contribution in [1.29, 1.82) is 0 Å². The van der Waals surface area contributed by atoms with Crippen molar-refractivity contribution in [2.24, 2.45) is 0 Å². The Labute approximate surface area is 161 Å². The van der Waals surface area contributed by atoms with Gasteiger partial charge in [0, 0.05) is 10.6 Å². The van der Waals surface area contributed by atoms with Crippen molar-refractivity contribution in [2.45, 2.75) is 6.92 Å². The molecule has 0 unspecified atom stereocenters. The molecule has 6 nitrogen and oxygen atoms in total. The van der Waals surface area contributed by atoms with E-state index in [1.807, 2.05) is 30.3 Å². The largest absolute Gasteiger partial charge is 0.464 e. The number of nitrogens with zero attached hydrogens (tertiary/aromatic N) is 2. The van der Waals surface area contributed by atoms with Gasteiger partial charge < -0.3 is 9.47 Å². The Hall–Kier alpha value is -3.12. The van der Waals surface area contributed by atoms with Gasteiger partial charge in [-0.2, -0.15) is 5.10 Å². The highest BCUT2D eigenvalue weighted by Crippen LogP contribution is 2.31. The summed E-state index contributed by atoms with van der Waals surface area (Å²) in [4.78, 5) is 25.0. The lowest BCUT2D eigenvalue weighted by Crippen LogP contribution is -2.12. The average molecular weight is 385 g/mol. The molecule has 3 aromatic rings. The highest BCUT2D eigenvalue weighted by atomic mass is 35.5. The second kappa shape index (κ2) is 8.05. The molecule has 0 radical (unpaired) electrons. The van der Waals surface area contributed by atoms with E-state index in [0.717, 1.165) is 0 Å². The van der Waals surface area contributed by atoms with Gasteiger partial charge >= 0.3 is 11.9 Å². The summed E-state index contributed by atoms with van der Waals surface area (Å²) in [5.74, 6) is -1.37. The summed E-state index contributed by atoms with van der Waals surface area (Å²) in [5.41, 5.74) is 1.66. The summed E-state index contributed by atoms with van der Waals surface area (Å²) in [6.45, 7) is 1.86. The van der Waals surface area contributed by atoms with Crippen molar-refractivity contribution in [3.05, 3.63) is 70.9 Å². The first-order valence-corrected chi connectivity index (χ1v) is 8.64. The summed E-state index contributed by atoms with van der Waals surface area (Å²) >= 11 is 6.12. The summed E-state index contributed by atoms with van der Waals surface area (Å²) in [6, 6.07) is 16.1. The number of carbonyl (C=O) groups excluding carboxylic acids is 2. The van der Waals surface area contributed by atoms with Crippen LogP contribution in [0.4, 0.5) is 0 Å². The Morgan fingerprint density at radius 2 is 1.81 bits per heavy atom. The average Bonchev–Trinajstić information content (AvgIpc) is 3.09. The predicted molar refractivity (Wildman–Crippen MR) is 101 cm³/mol. The van der Waals surface area contributed by atoms with Crippen LogP contribution in [0.2, 0.25) is 5.02 Å². The second-order valence-electron chi connectivity index (χ2n) is 5.54. The lowest BCUT2D eigenvalue weighted by Gasteiger charge is -2.10. The topological polar surface area (TPSA) is 70.4 Å². The van der Waals surface area contributed by atoms with Crippen LogP contribution in [0.3, 0.4) is 0 Å². The summed E-state index contributed by atoms with van der Waals surface area (Å²) in [7, 11) is 1.23. The van der Waals surface area contributed by atoms with Gasteiger partial charge in [0.25, 0.3) is 0 Å². The number of carbonyl (C=O) groups is 2. The molecule has 0 aliphatic rings. The molecule has 3 rings (SSSR count). The van der Waals surface area contributed by atoms with Crippen LogP contribution >= 0.6 is 11.6 Å². The molecule has 0 saturated heterocycles. The van der Waals surface area contributed by atoms with Gasteiger partial charge in [-0.3, -0.25) is 0 Å². The molecule has 0 saturated carbocycles. The van der Waals surface area contributed by atoms with Gasteiger partial charge in [-0.1, -0.05) is 48.0 Å². The third-order valence-electron chi connectivity index (χ3n) is 3.84. The first-order chi connectivity index (χ1) is 13.1. The highest BCUT2D eigenvalue weighted by molar-refractivity contribution is 6.30. The van der Waals surface area contributed by atoms with E-state index in [-0.39, 0.29) is 17.9 Å². The molecule has 0 spiro atoms. The van der Waals surface area contributed by atoms with Crippen LogP contribution < -0.4 is 0 Å². The maximum atomic E-state index is 12.7. The van der Waals surface area contributed by atoms with Crippen molar-refractivity contribution in [2.75, 3.05) is 13.7 Å². The summed E-state index contributed by atoms with van der Waals surface area (Å²) in [6.07, 6.45) is 0. The Balaban J connectivity index is 2.36. The summed E-state index contributed by atoms with van der Waals surface area (Å²) in [5, 5.41) is 4.85. The monoisotopic (exact) mass is 384 g/mol. The van der Waals surface area contributed by atoms with Crippen molar-refractivity contribution in [1.82, 2.24) is 9.78 Å². The number of methoxy groups -OCH3 is 1. The van der Waals surface area contributed by atoms with Gasteiger partial charge in [-0.15, -0.1) is 0 Å². The minimum atomic E-state index is -0.726. The Morgan fingerprint density at radius 1 is 1.07 bits per heavy atom. The van der Waals surface area contributed by atoms with Gasteiger partial charge in [0.15, 0.2) is 5.69 Å². The quantitative estimate of drug-likeness (QED) is 0.618. The third kappa shape index (κ3) is 3.71. The molecule has 138 valence electrons. The number of halogens is 1. The van der Waals surface area contributed by atoms with E-state index in [1.54, 1.807) is 31.2 Å². The molecule has 0 fully saturated rings. The number of benzene rings is 2. The number of aromatic nitrogens is 2. The molecular weight excluding hydrogens is 368 g/mol. The molecule has 27 heavy (non-hydrogen) atoms. The van der Waals surface area contributed by atoms with Crippen molar-refractivity contribution in [3.8, 4) is 16.9 Å². The lowest BCUT2D eigenvalue weighted by molar-refractivity contribution is 0.0503. The molecule has 0 aliphatic heterocycles. The molecule has 2 aromatic carbocycles. The third-order valence-corrected chi connectivity index (χ3v) is 4.08. The maximum absolute atomic E-state index is 12.7. The fourth-order valence-corrected chi connectivity index (χ4v) is 2.90. The van der Waals surface area contributed by atoms with Crippen molar-refractivity contribution < 1.29 is 19.1 Å².